The van der Waals surface area contributed by atoms with Crippen molar-refractivity contribution in [2.75, 3.05) is 6.61 Å². The smallest absolute Gasteiger partial charge is 0.245 e. The Morgan fingerprint density at radius 3 is 2.87 bits per heavy atom. The van der Waals surface area contributed by atoms with Gasteiger partial charge in [-0.3, -0.25) is 4.79 Å². The Hall–Kier alpha value is -1.43. The Bertz CT molecular complexity index is 370. The summed E-state index contributed by atoms with van der Waals surface area (Å²) in [5, 5.41) is 16.5. The van der Waals surface area contributed by atoms with Crippen molar-refractivity contribution in [1.82, 2.24) is 15.0 Å². The molecule has 1 heterocycles. The molecule has 0 atom stereocenters. The van der Waals surface area contributed by atoms with Crippen molar-refractivity contribution in [3.8, 4) is 0 Å². The maximum absolute atomic E-state index is 11.4. The fourth-order valence-electron chi connectivity index (χ4n) is 1.84. The van der Waals surface area contributed by atoms with Crippen molar-refractivity contribution in [3.63, 3.8) is 0 Å². The van der Waals surface area contributed by atoms with Gasteiger partial charge in [-0.05, 0) is 19.3 Å². The van der Waals surface area contributed by atoms with Gasteiger partial charge in [0.15, 0.2) is 0 Å². The van der Waals surface area contributed by atoms with Crippen LogP contribution in [0.2, 0.25) is 0 Å². The number of aromatic nitrogens is 3. The molecule has 0 unspecified atom stereocenters. The highest BCUT2D eigenvalue weighted by Crippen LogP contribution is 2.38. The minimum atomic E-state index is -0.666. The Morgan fingerprint density at radius 1 is 1.67 bits per heavy atom. The predicted octanol–water partition coefficient (Wildman–Crippen LogP) is -0.823. The molecule has 1 fully saturated rings. The second kappa shape index (κ2) is 3.62. The molecule has 1 aliphatic rings. The van der Waals surface area contributed by atoms with Crippen LogP contribution >= 0.6 is 0 Å². The zero-order chi connectivity index (χ0) is 10.9. The van der Waals surface area contributed by atoms with Gasteiger partial charge in [-0.15, -0.1) is 5.10 Å². The number of carbonyl (C=O) groups excluding carboxylic acids is 1. The zero-order valence-electron chi connectivity index (χ0n) is 8.39. The van der Waals surface area contributed by atoms with E-state index in [2.05, 4.69) is 10.3 Å². The highest BCUT2D eigenvalue weighted by molar-refractivity contribution is 5.83. The molecule has 1 amide bonds. The van der Waals surface area contributed by atoms with Crippen LogP contribution in [-0.4, -0.2) is 32.6 Å². The average molecular weight is 210 g/mol. The lowest BCUT2D eigenvalue weighted by molar-refractivity contribution is -0.131. The summed E-state index contributed by atoms with van der Waals surface area (Å²) in [6.07, 6.45) is 4.58. The highest BCUT2D eigenvalue weighted by atomic mass is 16.3. The van der Waals surface area contributed by atoms with E-state index < -0.39 is 5.54 Å². The van der Waals surface area contributed by atoms with Crippen LogP contribution < -0.4 is 5.73 Å². The summed E-state index contributed by atoms with van der Waals surface area (Å²) in [5.74, 6) is -0.353. The molecule has 0 radical (unpaired) electrons. The van der Waals surface area contributed by atoms with Crippen LogP contribution in [0.15, 0.2) is 6.20 Å². The van der Waals surface area contributed by atoms with E-state index in [9.17, 15) is 4.79 Å². The number of aliphatic hydroxyl groups is 1. The number of aliphatic hydroxyl groups excluding tert-OH is 1. The van der Waals surface area contributed by atoms with Gasteiger partial charge in [-0.1, -0.05) is 5.21 Å². The van der Waals surface area contributed by atoms with Crippen LogP contribution in [-0.2, 0) is 16.8 Å². The minimum Gasteiger partial charge on any atom is -0.396 e. The van der Waals surface area contributed by atoms with Crippen LogP contribution in [0, 0.1) is 0 Å². The van der Waals surface area contributed by atoms with E-state index in [0.29, 0.717) is 12.1 Å². The number of carbonyl (C=O) groups is 1. The Balaban J connectivity index is 2.23. The molecule has 15 heavy (non-hydrogen) atoms. The molecule has 2 rings (SSSR count). The molecule has 1 aromatic rings. The second-order valence-corrected chi connectivity index (χ2v) is 3.88. The normalized spacial score (nSPS) is 18.5. The first kappa shape index (κ1) is 10.1. The first-order valence-electron chi connectivity index (χ1n) is 5.01. The lowest BCUT2D eigenvalue weighted by Crippen LogP contribution is -2.51. The summed E-state index contributed by atoms with van der Waals surface area (Å²) in [6, 6.07) is 0. The van der Waals surface area contributed by atoms with Crippen molar-refractivity contribution < 1.29 is 9.90 Å². The van der Waals surface area contributed by atoms with E-state index in [4.69, 9.17) is 10.8 Å². The molecule has 0 aromatic carbocycles. The van der Waals surface area contributed by atoms with Crippen molar-refractivity contribution in [2.24, 2.45) is 5.73 Å². The third kappa shape index (κ3) is 1.50. The fraction of sp³-hybridized carbons (Fsp3) is 0.667. The standard InChI is InChI=1S/C9H14N4O2/c10-8(15)9(3-1-4-9)13-6-7(2-5-14)11-12-13/h6,14H,1-5H2,(H2,10,15). The number of amides is 1. The van der Waals surface area contributed by atoms with Crippen molar-refractivity contribution in [3.05, 3.63) is 11.9 Å². The van der Waals surface area contributed by atoms with Crippen LogP contribution in [0.1, 0.15) is 25.0 Å². The predicted molar refractivity (Wildman–Crippen MR) is 51.8 cm³/mol. The summed E-state index contributed by atoms with van der Waals surface area (Å²) >= 11 is 0. The van der Waals surface area contributed by atoms with Crippen LogP contribution in [0.4, 0.5) is 0 Å². The summed E-state index contributed by atoms with van der Waals surface area (Å²) in [7, 11) is 0. The van der Waals surface area contributed by atoms with Gasteiger partial charge >= 0.3 is 0 Å². The first-order chi connectivity index (χ1) is 7.19. The van der Waals surface area contributed by atoms with Gasteiger partial charge < -0.3 is 10.8 Å². The molecular formula is C9H14N4O2. The van der Waals surface area contributed by atoms with Crippen LogP contribution in [0.3, 0.4) is 0 Å². The Labute approximate surface area is 87.1 Å². The van der Waals surface area contributed by atoms with Gasteiger partial charge in [0.1, 0.15) is 5.54 Å². The SMILES string of the molecule is NC(=O)C1(n2cc(CCO)nn2)CCC1. The molecule has 1 saturated carbocycles. The van der Waals surface area contributed by atoms with Gasteiger partial charge in [0.25, 0.3) is 0 Å². The number of nitrogens with two attached hydrogens (primary N) is 1. The van der Waals surface area contributed by atoms with Crippen molar-refractivity contribution >= 4 is 5.91 Å². The lowest BCUT2D eigenvalue weighted by Gasteiger charge is -2.38. The third-order valence-corrected chi connectivity index (χ3v) is 2.99. The monoisotopic (exact) mass is 210 g/mol. The molecule has 6 nitrogen and oxygen atoms in total. The second-order valence-electron chi connectivity index (χ2n) is 3.88. The zero-order valence-corrected chi connectivity index (χ0v) is 8.39. The van der Waals surface area contributed by atoms with Crippen LogP contribution in [0.25, 0.3) is 0 Å². The molecule has 82 valence electrons. The van der Waals surface area contributed by atoms with Gasteiger partial charge in [0.2, 0.25) is 5.91 Å². The number of hydrogen-bond donors (Lipinski definition) is 2. The average Bonchev–Trinajstić information content (AvgIpc) is 2.51. The quantitative estimate of drug-likeness (QED) is 0.678. The topological polar surface area (TPSA) is 94.0 Å². The summed E-state index contributed by atoms with van der Waals surface area (Å²) < 4.78 is 1.55. The highest BCUT2D eigenvalue weighted by Gasteiger charge is 2.45. The molecule has 0 spiro atoms. The maximum atomic E-state index is 11.4. The molecule has 0 saturated heterocycles. The van der Waals surface area contributed by atoms with Crippen molar-refractivity contribution in [2.45, 2.75) is 31.2 Å². The van der Waals surface area contributed by atoms with E-state index in [1.165, 1.54) is 0 Å². The molecule has 0 aliphatic heterocycles. The maximum Gasteiger partial charge on any atom is 0.245 e. The molecule has 1 aromatic heterocycles. The van der Waals surface area contributed by atoms with Gasteiger partial charge in [0, 0.05) is 19.2 Å². The van der Waals surface area contributed by atoms with E-state index in [1.807, 2.05) is 0 Å². The number of primary amides is 1. The van der Waals surface area contributed by atoms with E-state index in [-0.39, 0.29) is 12.5 Å². The lowest BCUT2D eigenvalue weighted by atomic mass is 9.76. The Morgan fingerprint density at radius 2 is 2.40 bits per heavy atom. The largest absolute Gasteiger partial charge is 0.396 e. The fourth-order valence-corrected chi connectivity index (χ4v) is 1.84. The summed E-state index contributed by atoms with van der Waals surface area (Å²) in [4.78, 5) is 11.4. The van der Waals surface area contributed by atoms with Gasteiger partial charge in [-0.25, -0.2) is 4.68 Å². The minimum absolute atomic E-state index is 0.0300. The molecule has 6 heteroatoms. The van der Waals surface area contributed by atoms with Gasteiger partial charge in [0.05, 0.1) is 5.69 Å². The number of nitrogens with zero attached hydrogens (tertiary/aromatic N) is 3. The van der Waals surface area contributed by atoms with E-state index in [0.717, 1.165) is 19.3 Å². The molecule has 1 aliphatic carbocycles. The van der Waals surface area contributed by atoms with E-state index >= 15 is 0 Å². The van der Waals surface area contributed by atoms with Crippen LogP contribution in [0.5, 0.6) is 0 Å². The van der Waals surface area contributed by atoms with Crippen molar-refractivity contribution in [1.29, 1.82) is 0 Å². The third-order valence-electron chi connectivity index (χ3n) is 2.99. The Kier molecular flexibility index (Phi) is 2.44. The number of rotatable bonds is 4. The molecule has 0 bridgehead atoms. The summed E-state index contributed by atoms with van der Waals surface area (Å²) in [5.41, 5.74) is 5.39. The first-order valence-corrected chi connectivity index (χ1v) is 5.01. The van der Waals surface area contributed by atoms with Gasteiger partial charge in [-0.2, -0.15) is 0 Å². The molecule has 3 N–H and O–H groups in total. The van der Waals surface area contributed by atoms with E-state index in [1.54, 1.807) is 10.9 Å². The molecular weight excluding hydrogens is 196 g/mol. The summed E-state index contributed by atoms with van der Waals surface area (Å²) in [6.45, 7) is 0.0300. The number of hydrogen-bond acceptors (Lipinski definition) is 4.